The predicted molar refractivity (Wildman–Crippen MR) is 151 cm³/mol. The van der Waals surface area contributed by atoms with Crippen molar-refractivity contribution in [2.45, 2.75) is 103 Å². The minimum Gasteiger partial charge on any atom is -0.493 e. The van der Waals surface area contributed by atoms with Gasteiger partial charge in [-0.2, -0.15) is 0 Å². The zero-order valence-electron chi connectivity index (χ0n) is 23.2. The minimum absolute atomic E-state index is 0.0552. The van der Waals surface area contributed by atoms with Crippen molar-refractivity contribution in [2.24, 2.45) is 11.8 Å². The first-order valence-corrected chi connectivity index (χ1v) is 14.8. The maximum absolute atomic E-state index is 11.7. The highest BCUT2D eigenvalue weighted by Crippen LogP contribution is 2.42. The van der Waals surface area contributed by atoms with Gasteiger partial charge in [-0.05, 0) is 88.5 Å². The van der Waals surface area contributed by atoms with Crippen LogP contribution in [0.4, 0.5) is 0 Å². The molecule has 0 amide bonds. The van der Waals surface area contributed by atoms with Crippen molar-refractivity contribution in [1.29, 1.82) is 0 Å². The Hall–Kier alpha value is -1.80. The van der Waals surface area contributed by atoms with E-state index >= 15 is 0 Å². The van der Waals surface area contributed by atoms with Gasteiger partial charge in [-0.1, -0.05) is 23.8 Å². The molecule has 9 heteroatoms. The van der Waals surface area contributed by atoms with E-state index in [9.17, 15) is 9.59 Å². The quantitative estimate of drug-likeness (QED) is 0.101. The largest absolute Gasteiger partial charge is 0.493 e. The van der Waals surface area contributed by atoms with E-state index in [-0.39, 0.29) is 54.3 Å². The summed E-state index contributed by atoms with van der Waals surface area (Å²) in [5, 5.41) is 0.452. The number of hydrogen-bond donors (Lipinski definition) is 0. The second kappa shape index (κ2) is 16.5. The third-order valence-electron chi connectivity index (χ3n) is 6.92. The number of benzene rings is 1. The number of unbranched alkanes of at least 4 members (excludes halogenated alkanes) is 1. The molecule has 0 bridgehead atoms. The number of esters is 2. The van der Waals surface area contributed by atoms with E-state index in [1.807, 2.05) is 19.9 Å². The summed E-state index contributed by atoms with van der Waals surface area (Å²) in [7, 11) is 0. The van der Waals surface area contributed by atoms with Crippen LogP contribution >= 0.6 is 23.2 Å². The van der Waals surface area contributed by atoms with Crippen molar-refractivity contribution in [3.8, 4) is 5.75 Å². The zero-order valence-corrected chi connectivity index (χ0v) is 24.8. The van der Waals surface area contributed by atoms with E-state index in [1.54, 1.807) is 12.1 Å². The van der Waals surface area contributed by atoms with Gasteiger partial charge in [0.15, 0.2) is 6.29 Å². The minimum atomic E-state index is -0.354. The molecule has 218 valence electrons. The first kappa shape index (κ1) is 31.7. The van der Waals surface area contributed by atoms with Crippen molar-refractivity contribution >= 4 is 35.1 Å². The molecule has 7 nitrogen and oxygen atoms in total. The predicted octanol–water partition coefficient (Wildman–Crippen LogP) is 7.01. The molecule has 39 heavy (non-hydrogen) atoms. The summed E-state index contributed by atoms with van der Waals surface area (Å²) in [5.41, 5.74) is 0.759. The fraction of sp³-hybridized carbons (Fsp3) is 0.667. The molecule has 0 radical (unpaired) electrons. The SMILES string of the molecule is CC(=O)OCc1cc(Cl)cc(OC[C@@H]2[C@@H](C/C=C\CCCC(=O)OC(C)C)[C@H](Cl)C[C@@H]2OC2CCCCO2)c1. The van der Waals surface area contributed by atoms with Crippen molar-refractivity contribution in [2.75, 3.05) is 13.2 Å². The van der Waals surface area contributed by atoms with E-state index in [1.165, 1.54) is 6.92 Å². The first-order chi connectivity index (χ1) is 18.7. The second-order valence-electron chi connectivity index (χ2n) is 10.6. The first-order valence-electron chi connectivity index (χ1n) is 14.0. The van der Waals surface area contributed by atoms with Crippen LogP contribution in [-0.4, -0.2) is 49.0 Å². The normalized spacial score (nSPS) is 25.2. The van der Waals surface area contributed by atoms with Crippen LogP contribution in [-0.2, 0) is 35.1 Å². The Morgan fingerprint density at radius 1 is 1.15 bits per heavy atom. The summed E-state index contributed by atoms with van der Waals surface area (Å²) in [5.74, 6) is 0.307. The molecule has 3 rings (SSSR count). The molecule has 1 saturated carbocycles. The van der Waals surface area contributed by atoms with Crippen LogP contribution in [0.15, 0.2) is 30.4 Å². The summed E-state index contributed by atoms with van der Waals surface area (Å²) in [6, 6.07) is 5.34. The Bertz CT molecular complexity index is 945. The van der Waals surface area contributed by atoms with Crippen LogP contribution in [0.2, 0.25) is 5.02 Å². The van der Waals surface area contributed by atoms with Gasteiger partial charge in [-0.25, -0.2) is 0 Å². The zero-order chi connectivity index (χ0) is 28.2. The molecule has 0 N–H and O–H groups in total. The van der Waals surface area contributed by atoms with Gasteiger partial charge in [0.05, 0.1) is 18.8 Å². The van der Waals surface area contributed by atoms with Gasteiger partial charge in [0.1, 0.15) is 12.4 Å². The standard InChI is InChI=1S/C30H42Cl2O7/c1-20(2)38-29(34)11-7-5-4-6-10-25-26(28(17-27(25)32)39-30-12-8-9-13-35-30)19-37-24-15-22(14-23(31)16-24)18-36-21(3)33/h4,6,14-16,20,25-28,30H,5,7-13,17-19H2,1-3H3/b6-4-/t25-,26-,27-,28+,30?/m1/s1. The highest BCUT2D eigenvalue weighted by Gasteiger charge is 2.44. The van der Waals surface area contributed by atoms with Crippen LogP contribution in [0.1, 0.15) is 77.7 Å². The molecule has 2 aliphatic rings. The number of ether oxygens (including phenoxy) is 5. The van der Waals surface area contributed by atoms with Crippen molar-refractivity contribution in [1.82, 2.24) is 0 Å². The Kier molecular flexibility index (Phi) is 13.4. The molecule has 2 fully saturated rings. The number of hydrogen-bond acceptors (Lipinski definition) is 7. The molecule has 1 unspecified atom stereocenters. The number of halogens is 2. The monoisotopic (exact) mass is 584 g/mol. The van der Waals surface area contributed by atoms with E-state index < -0.39 is 0 Å². The van der Waals surface area contributed by atoms with Gasteiger partial charge in [0, 0.05) is 36.3 Å². The third kappa shape index (κ3) is 11.3. The van der Waals surface area contributed by atoms with Gasteiger partial charge in [-0.3, -0.25) is 9.59 Å². The van der Waals surface area contributed by atoms with Crippen LogP contribution in [0.25, 0.3) is 0 Å². The van der Waals surface area contributed by atoms with E-state index in [0.29, 0.717) is 30.4 Å². The van der Waals surface area contributed by atoms with Gasteiger partial charge >= 0.3 is 11.9 Å². The molecule has 1 aromatic carbocycles. The number of rotatable bonds is 14. The van der Waals surface area contributed by atoms with E-state index in [2.05, 4.69) is 12.2 Å². The lowest BCUT2D eigenvalue weighted by Crippen LogP contribution is -2.34. The van der Waals surface area contributed by atoms with Gasteiger partial charge in [0.25, 0.3) is 0 Å². The van der Waals surface area contributed by atoms with E-state index in [4.69, 9.17) is 46.9 Å². The molecule has 1 saturated heterocycles. The lowest BCUT2D eigenvalue weighted by atomic mass is 9.91. The molecule has 1 aliphatic heterocycles. The Balaban J connectivity index is 1.61. The Morgan fingerprint density at radius 2 is 1.97 bits per heavy atom. The number of allylic oxidation sites excluding steroid dienone is 2. The fourth-order valence-electron chi connectivity index (χ4n) is 5.06. The van der Waals surface area contributed by atoms with Crippen LogP contribution in [0.5, 0.6) is 5.75 Å². The van der Waals surface area contributed by atoms with E-state index in [0.717, 1.165) is 50.5 Å². The molecule has 0 aromatic heterocycles. The highest BCUT2D eigenvalue weighted by atomic mass is 35.5. The summed E-state index contributed by atoms with van der Waals surface area (Å²) in [6.45, 7) is 6.34. The number of carbonyl (C=O) groups is 2. The lowest BCUT2D eigenvalue weighted by Gasteiger charge is -2.30. The molecule has 1 aliphatic carbocycles. The molecular formula is C30H42Cl2O7. The van der Waals surface area contributed by atoms with Crippen LogP contribution in [0.3, 0.4) is 0 Å². The maximum Gasteiger partial charge on any atom is 0.306 e. The van der Waals surface area contributed by atoms with Crippen molar-refractivity contribution < 1.29 is 33.3 Å². The summed E-state index contributed by atoms with van der Waals surface area (Å²) >= 11 is 13.2. The average Bonchev–Trinajstić information content (AvgIpc) is 3.16. The van der Waals surface area contributed by atoms with Gasteiger partial charge in [0.2, 0.25) is 0 Å². The summed E-state index contributed by atoms with van der Waals surface area (Å²) in [6.07, 6.45) is 10.4. The van der Waals surface area contributed by atoms with Crippen LogP contribution in [0, 0.1) is 11.8 Å². The number of alkyl halides is 1. The lowest BCUT2D eigenvalue weighted by molar-refractivity contribution is -0.197. The number of carbonyl (C=O) groups excluding carboxylic acids is 2. The topological polar surface area (TPSA) is 80.3 Å². The maximum atomic E-state index is 11.7. The molecule has 5 atom stereocenters. The Labute approximate surface area is 242 Å². The molecule has 1 heterocycles. The molecule has 1 aromatic rings. The van der Waals surface area contributed by atoms with Gasteiger partial charge < -0.3 is 23.7 Å². The average molecular weight is 586 g/mol. The van der Waals surface area contributed by atoms with Crippen molar-refractivity contribution in [3.63, 3.8) is 0 Å². The summed E-state index contributed by atoms with van der Waals surface area (Å²) < 4.78 is 28.8. The summed E-state index contributed by atoms with van der Waals surface area (Å²) in [4.78, 5) is 23.0. The molecule has 0 spiro atoms. The smallest absolute Gasteiger partial charge is 0.306 e. The van der Waals surface area contributed by atoms with Crippen LogP contribution < -0.4 is 4.74 Å². The van der Waals surface area contributed by atoms with Gasteiger partial charge in [-0.15, -0.1) is 11.6 Å². The fourth-order valence-corrected chi connectivity index (χ4v) is 5.77. The highest BCUT2D eigenvalue weighted by molar-refractivity contribution is 6.30. The molecular weight excluding hydrogens is 543 g/mol. The van der Waals surface area contributed by atoms with Crippen molar-refractivity contribution in [3.05, 3.63) is 40.9 Å². The Morgan fingerprint density at radius 3 is 2.69 bits per heavy atom. The second-order valence-corrected chi connectivity index (χ2v) is 11.6. The third-order valence-corrected chi connectivity index (χ3v) is 7.64.